The molecule has 0 bridgehead atoms. The topological polar surface area (TPSA) is 74.5 Å². The first-order valence-corrected chi connectivity index (χ1v) is 4.32. The third kappa shape index (κ3) is 3.18. The molecule has 0 amide bonds. The number of nitrogens with zero attached hydrogens (tertiary/aromatic N) is 2. The van der Waals surface area contributed by atoms with Gasteiger partial charge in [0.25, 0.3) is 5.88 Å². The lowest BCUT2D eigenvalue weighted by Crippen LogP contribution is -2.18. The minimum atomic E-state index is -5.04. The minimum Gasteiger partial charge on any atom is -0.476 e. The Labute approximate surface area is 97.3 Å². The molecule has 1 aromatic rings. The Morgan fingerprint density at radius 1 is 1.50 bits per heavy atom. The molecule has 6 nitrogen and oxygen atoms in total. The molecule has 10 heteroatoms. The van der Waals surface area contributed by atoms with Crippen LogP contribution in [-0.2, 0) is 6.67 Å². The smallest absolute Gasteiger partial charge is 0.476 e. The molecule has 100 valence electrons. The quantitative estimate of drug-likeness (QED) is 0.477. The summed E-state index contributed by atoms with van der Waals surface area (Å²) in [6.07, 6.45) is -5.04. The summed E-state index contributed by atoms with van der Waals surface area (Å²) in [6, 6.07) is 0.494. The summed E-state index contributed by atoms with van der Waals surface area (Å²) in [4.78, 5) is 12.7. The predicted octanol–water partition coefficient (Wildman–Crippen LogP) is 2.37. The van der Waals surface area contributed by atoms with E-state index in [0.29, 0.717) is 6.07 Å². The number of rotatable bonds is 4. The fourth-order valence-corrected chi connectivity index (χ4v) is 1.15. The summed E-state index contributed by atoms with van der Waals surface area (Å²) in [5.74, 6) is -1.79. The molecule has 0 radical (unpaired) electrons. The standard InChI is InChI=1S/C8H6F4N2O4/c1-17-7-6(14(15)16)4(3-9)2-5(13-7)18-8(10,11)12/h2H,3H2,1H3. The van der Waals surface area contributed by atoms with Crippen LogP contribution in [0.5, 0.6) is 11.8 Å². The van der Waals surface area contributed by atoms with Gasteiger partial charge in [-0.05, 0) is 0 Å². The van der Waals surface area contributed by atoms with Crippen LogP contribution >= 0.6 is 0 Å². The summed E-state index contributed by atoms with van der Waals surface area (Å²) in [5.41, 5.74) is -1.46. The van der Waals surface area contributed by atoms with Gasteiger partial charge in [0, 0.05) is 6.07 Å². The van der Waals surface area contributed by atoms with Crippen LogP contribution in [0.25, 0.3) is 0 Å². The molecular formula is C8H6F4N2O4. The van der Waals surface area contributed by atoms with Gasteiger partial charge in [0.1, 0.15) is 6.67 Å². The van der Waals surface area contributed by atoms with Gasteiger partial charge < -0.3 is 9.47 Å². The number of hydrogen-bond acceptors (Lipinski definition) is 5. The highest BCUT2D eigenvalue weighted by molar-refractivity contribution is 5.50. The van der Waals surface area contributed by atoms with Crippen molar-refractivity contribution >= 4 is 5.69 Å². The van der Waals surface area contributed by atoms with Gasteiger partial charge in [0.15, 0.2) is 0 Å². The first kappa shape index (κ1) is 13.9. The van der Waals surface area contributed by atoms with Gasteiger partial charge in [0.2, 0.25) is 5.88 Å². The molecule has 0 unspecified atom stereocenters. The number of hydrogen-bond donors (Lipinski definition) is 0. The van der Waals surface area contributed by atoms with E-state index in [2.05, 4.69) is 14.5 Å². The van der Waals surface area contributed by atoms with Gasteiger partial charge in [-0.15, -0.1) is 13.2 Å². The number of nitro groups is 1. The van der Waals surface area contributed by atoms with E-state index in [1.165, 1.54) is 0 Å². The molecule has 18 heavy (non-hydrogen) atoms. The molecule has 0 aliphatic rings. The summed E-state index contributed by atoms with van der Waals surface area (Å²) >= 11 is 0. The summed E-state index contributed by atoms with van der Waals surface area (Å²) in [5, 5.41) is 10.6. The molecule has 0 aliphatic carbocycles. The predicted molar refractivity (Wildman–Crippen MR) is 48.9 cm³/mol. The molecule has 1 rings (SSSR count). The van der Waals surface area contributed by atoms with Crippen molar-refractivity contribution in [2.24, 2.45) is 0 Å². The molecule has 1 aromatic heterocycles. The molecule has 0 fully saturated rings. The summed E-state index contributed by atoms with van der Waals surface area (Å²) in [6.45, 7) is -1.36. The average Bonchev–Trinajstić information content (AvgIpc) is 2.24. The van der Waals surface area contributed by atoms with Crippen molar-refractivity contribution < 1.29 is 32.0 Å². The first-order chi connectivity index (χ1) is 8.28. The Balaban J connectivity index is 3.30. The van der Waals surface area contributed by atoms with E-state index in [4.69, 9.17) is 0 Å². The molecule has 0 saturated carbocycles. The Morgan fingerprint density at radius 3 is 2.50 bits per heavy atom. The van der Waals surface area contributed by atoms with Crippen LogP contribution in [0.1, 0.15) is 5.56 Å². The number of ether oxygens (including phenoxy) is 2. The lowest BCUT2D eigenvalue weighted by atomic mass is 10.2. The number of halogens is 4. The van der Waals surface area contributed by atoms with Crippen LogP contribution in [-0.4, -0.2) is 23.4 Å². The molecule has 0 spiro atoms. The molecule has 1 heterocycles. The van der Waals surface area contributed by atoms with Gasteiger partial charge in [-0.2, -0.15) is 4.98 Å². The molecule has 0 aliphatic heterocycles. The molecule has 0 saturated heterocycles. The van der Waals surface area contributed by atoms with E-state index in [1.54, 1.807) is 0 Å². The van der Waals surface area contributed by atoms with Crippen LogP contribution in [0.15, 0.2) is 6.07 Å². The van der Waals surface area contributed by atoms with Crippen LogP contribution in [0.2, 0.25) is 0 Å². The fourth-order valence-electron chi connectivity index (χ4n) is 1.15. The lowest BCUT2D eigenvalue weighted by Gasteiger charge is -2.10. The number of methoxy groups -OCH3 is 1. The molecule has 0 atom stereocenters. The SMILES string of the molecule is COc1nc(OC(F)(F)F)cc(CF)c1[N+](=O)[O-]. The summed E-state index contributed by atoms with van der Waals surface area (Å²) < 4.78 is 56.3. The zero-order chi connectivity index (χ0) is 13.9. The van der Waals surface area contributed by atoms with Gasteiger partial charge in [0.05, 0.1) is 17.6 Å². The number of alkyl halides is 4. The van der Waals surface area contributed by atoms with Crippen molar-refractivity contribution in [2.75, 3.05) is 7.11 Å². The third-order valence-corrected chi connectivity index (χ3v) is 1.76. The van der Waals surface area contributed by atoms with Gasteiger partial charge in [-0.25, -0.2) is 4.39 Å². The van der Waals surface area contributed by atoms with E-state index >= 15 is 0 Å². The zero-order valence-electron chi connectivity index (χ0n) is 8.82. The van der Waals surface area contributed by atoms with Crippen molar-refractivity contribution in [1.29, 1.82) is 0 Å². The van der Waals surface area contributed by atoms with E-state index in [0.717, 1.165) is 7.11 Å². The van der Waals surface area contributed by atoms with Gasteiger partial charge in [-0.1, -0.05) is 0 Å². The van der Waals surface area contributed by atoms with Crippen molar-refractivity contribution in [1.82, 2.24) is 4.98 Å². The largest absolute Gasteiger partial charge is 0.574 e. The average molecular weight is 270 g/mol. The number of aromatic nitrogens is 1. The Bertz CT molecular complexity index is 438. The van der Waals surface area contributed by atoms with Crippen molar-refractivity contribution in [2.45, 2.75) is 13.0 Å². The van der Waals surface area contributed by atoms with Crippen molar-refractivity contribution in [3.63, 3.8) is 0 Å². The molecule has 0 N–H and O–H groups in total. The van der Waals surface area contributed by atoms with Crippen LogP contribution in [0.3, 0.4) is 0 Å². The second-order valence-electron chi connectivity index (χ2n) is 2.92. The molecule has 0 aromatic carbocycles. The van der Waals surface area contributed by atoms with Gasteiger partial charge >= 0.3 is 12.0 Å². The zero-order valence-corrected chi connectivity index (χ0v) is 8.82. The maximum atomic E-state index is 12.6. The van der Waals surface area contributed by atoms with Crippen LogP contribution in [0, 0.1) is 10.1 Å². The second-order valence-corrected chi connectivity index (χ2v) is 2.92. The van der Waals surface area contributed by atoms with Crippen molar-refractivity contribution in [3.8, 4) is 11.8 Å². The first-order valence-electron chi connectivity index (χ1n) is 4.32. The minimum absolute atomic E-state index is 0.494. The van der Waals surface area contributed by atoms with E-state index < -0.39 is 41.0 Å². The maximum Gasteiger partial charge on any atom is 0.574 e. The van der Waals surface area contributed by atoms with Gasteiger partial charge in [-0.3, -0.25) is 10.1 Å². The second kappa shape index (κ2) is 5.02. The highest BCUT2D eigenvalue weighted by atomic mass is 19.4. The monoisotopic (exact) mass is 270 g/mol. The van der Waals surface area contributed by atoms with Crippen molar-refractivity contribution in [3.05, 3.63) is 21.7 Å². The Kier molecular flexibility index (Phi) is 3.89. The van der Waals surface area contributed by atoms with E-state index in [-0.39, 0.29) is 0 Å². The molecular weight excluding hydrogens is 264 g/mol. The van der Waals surface area contributed by atoms with Crippen LogP contribution < -0.4 is 9.47 Å². The Hall–Kier alpha value is -2.13. The highest BCUT2D eigenvalue weighted by Crippen LogP contribution is 2.34. The van der Waals surface area contributed by atoms with Crippen LogP contribution in [0.4, 0.5) is 23.2 Å². The highest BCUT2D eigenvalue weighted by Gasteiger charge is 2.34. The van der Waals surface area contributed by atoms with E-state index in [9.17, 15) is 27.7 Å². The third-order valence-electron chi connectivity index (χ3n) is 1.76. The van der Waals surface area contributed by atoms with E-state index in [1.807, 2.05) is 0 Å². The normalized spacial score (nSPS) is 11.2. The summed E-state index contributed by atoms with van der Waals surface area (Å²) in [7, 11) is 0.953. The number of pyridine rings is 1. The maximum absolute atomic E-state index is 12.6. The lowest BCUT2D eigenvalue weighted by molar-refractivity contribution is -0.387. The Morgan fingerprint density at radius 2 is 2.11 bits per heavy atom. The fraction of sp³-hybridized carbons (Fsp3) is 0.375.